The average Bonchev–Trinajstić information content (AvgIpc) is 2.09. The molecule has 0 amide bonds. The maximum absolute atomic E-state index is 10.6. The molecule has 0 atom stereocenters. The van der Waals surface area contributed by atoms with Gasteiger partial charge in [0.15, 0.2) is 0 Å². The highest BCUT2D eigenvalue weighted by Crippen LogP contribution is 1.97. The van der Waals surface area contributed by atoms with Crippen molar-refractivity contribution in [2.24, 2.45) is 0 Å². The molecule has 3 nitrogen and oxygen atoms in total. The van der Waals surface area contributed by atoms with Crippen LogP contribution in [-0.2, 0) is 0 Å². The fourth-order valence-electron chi connectivity index (χ4n) is 0.820. The number of pyridine rings is 1. The van der Waals surface area contributed by atoms with Gasteiger partial charge in [-0.3, -0.25) is 4.79 Å². The Bertz CT molecular complexity index is 294. The van der Waals surface area contributed by atoms with Crippen LogP contribution < -0.4 is 5.56 Å². The minimum Gasteiger partial charge on any atom is -0.396 e. The summed E-state index contributed by atoms with van der Waals surface area (Å²) in [4.78, 5) is 13.2. The number of aromatic nitrogens is 1. The van der Waals surface area contributed by atoms with Crippen LogP contribution in [0.4, 0.5) is 0 Å². The quantitative estimate of drug-likeness (QED) is 0.695. The molecule has 0 saturated heterocycles. The number of hydrogen-bond acceptors (Lipinski definition) is 2. The Balaban J connectivity index is 2.64. The van der Waals surface area contributed by atoms with Crippen LogP contribution in [0.1, 0.15) is 12.0 Å². The molecule has 1 heterocycles. The van der Waals surface area contributed by atoms with Crippen LogP contribution in [0.15, 0.2) is 29.2 Å². The average molecular weight is 165 g/mol. The molecule has 0 unspecified atom stereocenters. The minimum atomic E-state index is -0.102. The van der Waals surface area contributed by atoms with Crippen molar-refractivity contribution in [3.05, 3.63) is 40.3 Å². The van der Waals surface area contributed by atoms with Gasteiger partial charge in [0.05, 0.1) is 0 Å². The molecule has 0 radical (unpaired) electrons. The van der Waals surface area contributed by atoms with Gasteiger partial charge in [-0.1, -0.05) is 12.2 Å². The lowest BCUT2D eigenvalue weighted by molar-refractivity contribution is 0.303. The third kappa shape index (κ3) is 2.72. The smallest absolute Gasteiger partial charge is 0.247 e. The molecule has 0 spiro atoms. The van der Waals surface area contributed by atoms with Gasteiger partial charge >= 0.3 is 0 Å². The van der Waals surface area contributed by atoms with E-state index in [2.05, 4.69) is 4.98 Å². The summed E-state index contributed by atoms with van der Waals surface area (Å²) >= 11 is 0. The topological polar surface area (TPSA) is 53.1 Å². The monoisotopic (exact) mass is 165 g/mol. The largest absolute Gasteiger partial charge is 0.396 e. The van der Waals surface area contributed by atoms with Crippen LogP contribution in [-0.4, -0.2) is 16.7 Å². The Labute approximate surface area is 70.4 Å². The van der Waals surface area contributed by atoms with Crippen molar-refractivity contribution >= 4 is 6.08 Å². The van der Waals surface area contributed by atoms with E-state index in [1.165, 1.54) is 6.07 Å². The summed E-state index contributed by atoms with van der Waals surface area (Å²) < 4.78 is 0. The van der Waals surface area contributed by atoms with Crippen molar-refractivity contribution in [1.29, 1.82) is 0 Å². The Hall–Kier alpha value is -1.35. The van der Waals surface area contributed by atoms with E-state index < -0.39 is 0 Å². The standard InChI is InChI=1S/C9H11NO2/c11-6-2-1-3-8-4-5-9(12)10-7-8/h1,3-5,7,11H,2,6H2,(H,10,12). The molecule has 0 fully saturated rings. The van der Waals surface area contributed by atoms with E-state index in [4.69, 9.17) is 5.11 Å². The van der Waals surface area contributed by atoms with Gasteiger partial charge in [-0.15, -0.1) is 0 Å². The van der Waals surface area contributed by atoms with Gasteiger partial charge in [-0.25, -0.2) is 0 Å². The van der Waals surface area contributed by atoms with E-state index in [0.29, 0.717) is 6.42 Å². The van der Waals surface area contributed by atoms with E-state index in [9.17, 15) is 4.79 Å². The Morgan fingerprint density at radius 1 is 1.50 bits per heavy atom. The highest BCUT2D eigenvalue weighted by Gasteiger charge is 1.84. The molecule has 1 aromatic rings. The normalized spacial score (nSPS) is 10.8. The molecule has 0 bridgehead atoms. The van der Waals surface area contributed by atoms with E-state index in [0.717, 1.165) is 5.56 Å². The highest BCUT2D eigenvalue weighted by atomic mass is 16.2. The van der Waals surface area contributed by atoms with Gasteiger partial charge in [0.25, 0.3) is 0 Å². The maximum atomic E-state index is 10.6. The molecule has 0 aliphatic rings. The lowest BCUT2D eigenvalue weighted by Crippen LogP contribution is -2.01. The van der Waals surface area contributed by atoms with E-state index in [1.807, 2.05) is 12.2 Å². The molecule has 3 heteroatoms. The molecule has 12 heavy (non-hydrogen) atoms. The number of hydrogen-bond donors (Lipinski definition) is 2. The van der Waals surface area contributed by atoms with Crippen LogP contribution in [0, 0.1) is 0 Å². The van der Waals surface area contributed by atoms with Crippen molar-refractivity contribution in [3.8, 4) is 0 Å². The maximum Gasteiger partial charge on any atom is 0.247 e. The second-order valence-corrected chi connectivity index (χ2v) is 2.40. The van der Waals surface area contributed by atoms with E-state index in [1.54, 1.807) is 12.3 Å². The minimum absolute atomic E-state index is 0.102. The molecule has 64 valence electrons. The van der Waals surface area contributed by atoms with Crippen molar-refractivity contribution in [2.75, 3.05) is 6.61 Å². The lowest BCUT2D eigenvalue weighted by Gasteiger charge is -1.89. The summed E-state index contributed by atoms with van der Waals surface area (Å²) in [5.74, 6) is 0. The zero-order chi connectivity index (χ0) is 8.81. The number of nitrogens with one attached hydrogen (secondary N) is 1. The van der Waals surface area contributed by atoms with Crippen LogP contribution in [0.5, 0.6) is 0 Å². The molecular formula is C9H11NO2. The highest BCUT2D eigenvalue weighted by molar-refractivity contribution is 5.47. The first-order valence-electron chi connectivity index (χ1n) is 3.79. The first kappa shape index (κ1) is 8.74. The first-order valence-corrected chi connectivity index (χ1v) is 3.79. The summed E-state index contributed by atoms with van der Waals surface area (Å²) in [6.07, 6.45) is 5.98. The molecule has 0 aliphatic heterocycles. The van der Waals surface area contributed by atoms with Gasteiger partial charge in [-0.2, -0.15) is 0 Å². The van der Waals surface area contributed by atoms with Gasteiger partial charge in [0.1, 0.15) is 0 Å². The second kappa shape index (κ2) is 4.51. The van der Waals surface area contributed by atoms with Crippen molar-refractivity contribution in [2.45, 2.75) is 6.42 Å². The number of aromatic amines is 1. The fourth-order valence-corrected chi connectivity index (χ4v) is 0.820. The SMILES string of the molecule is O=c1ccc(C=CCCO)c[nH]1. The Morgan fingerprint density at radius 3 is 2.92 bits per heavy atom. The number of aliphatic hydroxyl groups excluding tert-OH is 1. The lowest BCUT2D eigenvalue weighted by atomic mass is 10.2. The summed E-state index contributed by atoms with van der Waals surface area (Å²) in [5.41, 5.74) is 0.831. The van der Waals surface area contributed by atoms with Gasteiger partial charge in [-0.05, 0) is 18.1 Å². The summed E-state index contributed by atoms with van der Waals surface area (Å²) in [7, 11) is 0. The fraction of sp³-hybridized carbons (Fsp3) is 0.222. The van der Waals surface area contributed by atoms with E-state index >= 15 is 0 Å². The number of aliphatic hydroxyl groups is 1. The molecule has 1 aromatic heterocycles. The summed E-state index contributed by atoms with van der Waals surface area (Å²) in [6, 6.07) is 3.20. The number of H-pyrrole nitrogens is 1. The summed E-state index contributed by atoms with van der Waals surface area (Å²) in [5, 5.41) is 8.48. The van der Waals surface area contributed by atoms with Crippen LogP contribution in [0.3, 0.4) is 0 Å². The molecular weight excluding hydrogens is 154 g/mol. The van der Waals surface area contributed by atoms with Gasteiger partial charge < -0.3 is 10.1 Å². The molecule has 0 aliphatic carbocycles. The molecule has 1 rings (SSSR count). The number of rotatable bonds is 3. The molecule has 0 aromatic carbocycles. The zero-order valence-corrected chi connectivity index (χ0v) is 6.66. The summed E-state index contributed by atoms with van der Waals surface area (Å²) in [6.45, 7) is 0.153. The van der Waals surface area contributed by atoms with Crippen LogP contribution in [0.2, 0.25) is 0 Å². The van der Waals surface area contributed by atoms with Crippen molar-refractivity contribution in [1.82, 2.24) is 4.98 Å². The predicted octanol–water partition coefficient (Wildman–Crippen LogP) is 0.770. The molecule has 0 saturated carbocycles. The van der Waals surface area contributed by atoms with Crippen LogP contribution >= 0.6 is 0 Å². The van der Waals surface area contributed by atoms with Gasteiger partial charge in [0.2, 0.25) is 5.56 Å². The van der Waals surface area contributed by atoms with E-state index in [-0.39, 0.29) is 12.2 Å². The third-order valence-corrected chi connectivity index (χ3v) is 1.41. The van der Waals surface area contributed by atoms with Crippen molar-refractivity contribution < 1.29 is 5.11 Å². The van der Waals surface area contributed by atoms with Gasteiger partial charge in [0, 0.05) is 18.9 Å². The Kier molecular flexibility index (Phi) is 3.29. The molecule has 2 N–H and O–H groups in total. The second-order valence-electron chi connectivity index (χ2n) is 2.40. The predicted molar refractivity (Wildman–Crippen MR) is 47.8 cm³/mol. The van der Waals surface area contributed by atoms with Crippen LogP contribution in [0.25, 0.3) is 6.08 Å². The first-order chi connectivity index (χ1) is 5.83. The Morgan fingerprint density at radius 2 is 2.33 bits per heavy atom. The van der Waals surface area contributed by atoms with Crippen molar-refractivity contribution in [3.63, 3.8) is 0 Å². The third-order valence-electron chi connectivity index (χ3n) is 1.41. The zero-order valence-electron chi connectivity index (χ0n) is 6.66.